The van der Waals surface area contributed by atoms with E-state index in [9.17, 15) is 14.7 Å². The van der Waals surface area contributed by atoms with E-state index in [-0.39, 0.29) is 22.6 Å². The van der Waals surface area contributed by atoms with Crippen LogP contribution in [-0.2, 0) is 4.79 Å². The zero-order chi connectivity index (χ0) is 26.2. The molecule has 37 heavy (non-hydrogen) atoms. The molecule has 1 spiro atoms. The summed E-state index contributed by atoms with van der Waals surface area (Å²) in [4.78, 5) is 37.1. The summed E-state index contributed by atoms with van der Waals surface area (Å²) >= 11 is 0. The summed E-state index contributed by atoms with van der Waals surface area (Å²) < 4.78 is 0. The lowest BCUT2D eigenvalue weighted by atomic mass is 9.90. The number of carboxylic acid groups (broad SMARTS) is 1. The quantitative estimate of drug-likeness (QED) is 0.396. The number of carboxylic acids is 1. The smallest absolute Gasteiger partial charge is 0.307 e. The Kier molecular flexibility index (Phi) is 6.74. The summed E-state index contributed by atoms with van der Waals surface area (Å²) in [6.45, 7) is 1.68. The van der Waals surface area contributed by atoms with E-state index in [1.165, 1.54) is 19.3 Å². The Morgan fingerprint density at radius 2 is 1.84 bits per heavy atom. The molecule has 3 aliphatic rings. The number of nitrogens with two attached hydrogens (primary N) is 1. The van der Waals surface area contributed by atoms with E-state index in [1.807, 2.05) is 36.2 Å². The molecule has 2 aliphatic carbocycles. The Labute approximate surface area is 216 Å². The van der Waals surface area contributed by atoms with Crippen LogP contribution < -0.4 is 20.9 Å². The van der Waals surface area contributed by atoms with Crippen molar-refractivity contribution < 1.29 is 14.7 Å². The van der Waals surface area contributed by atoms with E-state index < -0.39 is 11.9 Å². The number of piperidine rings is 1. The molecule has 0 bridgehead atoms. The third-order valence-corrected chi connectivity index (χ3v) is 8.49. The SMILES string of the molecule is CN(c1nc(C=N)c(C(N)=O)c(Nc2ccc(N3CCC4(CC3)CC4C(=O)O)cc2)n1)C1CCCCC1. The first kappa shape index (κ1) is 25.0. The van der Waals surface area contributed by atoms with Gasteiger partial charge in [-0.1, -0.05) is 19.3 Å². The Morgan fingerprint density at radius 3 is 2.41 bits per heavy atom. The van der Waals surface area contributed by atoms with Gasteiger partial charge in [-0.25, -0.2) is 4.98 Å². The number of nitrogens with zero attached hydrogens (tertiary/aromatic N) is 4. The molecule has 0 radical (unpaired) electrons. The summed E-state index contributed by atoms with van der Waals surface area (Å²) in [6, 6.07) is 8.21. The maximum absolute atomic E-state index is 12.3. The predicted molar refractivity (Wildman–Crippen MR) is 143 cm³/mol. The van der Waals surface area contributed by atoms with Crippen molar-refractivity contribution in [2.24, 2.45) is 17.1 Å². The van der Waals surface area contributed by atoms with Crippen molar-refractivity contribution in [2.75, 3.05) is 35.3 Å². The van der Waals surface area contributed by atoms with Crippen molar-refractivity contribution >= 4 is 41.2 Å². The topological polar surface area (TPSA) is 149 Å². The normalized spacial score (nSPS) is 20.9. The van der Waals surface area contributed by atoms with E-state index in [1.54, 1.807) is 0 Å². The van der Waals surface area contributed by atoms with Crippen molar-refractivity contribution in [1.29, 1.82) is 5.41 Å². The number of primary amides is 1. The third kappa shape index (κ3) is 4.97. The van der Waals surface area contributed by atoms with Crippen LogP contribution in [0.3, 0.4) is 0 Å². The lowest BCUT2D eigenvalue weighted by Crippen LogP contribution is -2.35. The van der Waals surface area contributed by atoms with Gasteiger partial charge < -0.3 is 31.4 Å². The monoisotopic (exact) mass is 505 g/mol. The second-order valence-corrected chi connectivity index (χ2v) is 10.7. The number of rotatable bonds is 8. The van der Waals surface area contributed by atoms with Gasteiger partial charge in [-0.05, 0) is 61.8 Å². The van der Waals surface area contributed by atoms with Crippen LogP contribution in [0.2, 0.25) is 0 Å². The Morgan fingerprint density at radius 1 is 1.16 bits per heavy atom. The number of amides is 1. The van der Waals surface area contributed by atoms with Gasteiger partial charge in [0, 0.05) is 43.8 Å². The largest absolute Gasteiger partial charge is 0.481 e. The van der Waals surface area contributed by atoms with Gasteiger partial charge in [-0.3, -0.25) is 9.59 Å². The number of hydrogen-bond acceptors (Lipinski definition) is 8. The molecule has 5 N–H and O–H groups in total. The fraction of sp³-hybridized carbons (Fsp3) is 0.519. The van der Waals surface area contributed by atoms with Crippen LogP contribution in [0.1, 0.15) is 67.4 Å². The first-order valence-electron chi connectivity index (χ1n) is 13.1. The number of carbonyl (C=O) groups excluding carboxylic acids is 1. The zero-order valence-corrected chi connectivity index (χ0v) is 21.2. The summed E-state index contributed by atoms with van der Waals surface area (Å²) in [5.74, 6) is -0.771. The molecule has 1 amide bonds. The number of aliphatic carboxylic acids is 1. The Balaban J connectivity index is 1.33. The fourth-order valence-electron chi connectivity index (χ4n) is 6.05. The molecule has 1 unspecified atom stereocenters. The van der Waals surface area contributed by atoms with Gasteiger partial charge >= 0.3 is 5.97 Å². The van der Waals surface area contributed by atoms with Gasteiger partial charge in [0.2, 0.25) is 5.95 Å². The minimum absolute atomic E-state index is 0.00290. The number of benzene rings is 1. The highest BCUT2D eigenvalue weighted by Crippen LogP contribution is 2.59. The molecule has 3 fully saturated rings. The highest BCUT2D eigenvalue weighted by atomic mass is 16.4. The number of carbonyl (C=O) groups is 2. The van der Waals surface area contributed by atoms with Gasteiger partial charge in [0.15, 0.2) is 0 Å². The van der Waals surface area contributed by atoms with E-state index in [0.717, 1.165) is 62.8 Å². The van der Waals surface area contributed by atoms with Gasteiger partial charge in [0.25, 0.3) is 5.91 Å². The molecule has 10 nitrogen and oxygen atoms in total. The second-order valence-electron chi connectivity index (χ2n) is 10.7. The first-order valence-corrected chi connectivity index (χ1v) is 13.1. The molecule has 2 saturated carbocycles. The predicted octanol–water partition coefficient (Wildman–Crippen LogP) is 3.78. The highest BCUT2D eigenvalue weighted by Gasteiger charge is 2.58. The van der Waals surface area contributed by atoms with E-state index >= 15 is 0 Å². The van der Waals surface area contributed by atoms with Crippen LogP contribution in [0, 0.1) is 16.7 Å². The summed E-state index contributed by atoms with van der Waals surface area (Å²) in [5.41, 5.74) is 7.78. The highest BCUT2D eigenvalue weighted by molar-refractivity contribution is 6.04. The van der Waals surface area contributed by atoms with Crippen LogP contribution in [0.4, 0.5) is 23.1 Å². The minimum Gasteiger partial charge on any atom is -0.481 e. The molecule has 196 valence electrons. The third-order valence-electron chi connectivity index (χ3n) is 8.49. The maximum atomic E-state index is 12.3. The van der Waals surface area contributed by atoms with Crippen molar-refractivity contribution in [2.45, 2.75) is 57.4 Å². The first-order chi connectivity index (χ1) is 17.8. The number of nitrogens with one attached hydrogen (secondary N) is 2. The van der Waals surface area contributed by atoms with Crippen molar-refractivity contribution in [3.05, 3.63) is 35.5 Å². The van der Waals surface area contributed by atoms with Crippen LogP contribution in [0.25, 0.3) is 0 Å². The van der Waals surface area contributed by atoms with Gasteiger partial charge in [-0.15, -0.1) is 0 Å². The fourth-order valence-corrected chi connectivity index (χ4v) is 6.05. The lowest BCUT2D eigenvalue weighted by Gasteiger charge is -2.34. The van der Waals surface area contributed by atoms with Crippen molar-refractivity contribution in [3.63, 3.8) is 0 Å². The molecule has 10 heteroatoms. The molecular formula is C27H35N7O3. The molecule has 1 atom stereocenters. The van der Waals surface area contributed by atoms with Gasteiger partial charge in [0.05, 0.1) is 5.92 Å². The summed E-state index contributed by atoms with van der Waals surface area (Å²) in [6.07, 6.45) is 9.35. The average Bonchev–Trinajstić information content (AvgIpc) is 3.62. The lowest BCUT2D eigenvalue weighted by molar-refractivity contribution is -0.139. The number of anilines is 4. The van der Waals surface area contributed by atoms with Crippen LogP contribution >= 0.6 is 0 Å². The maximum Gasteiger partial charge on any atom is 0.307 e. The molecule has 1 aromatic heterocycles. The van der Waals surface area contributed by atoms with Crippen LogP contribution in [-0.4, -0.2) is 59.3 Å². The Bertz CT molecular complexity index is 1190. The molecule has 2 aromatic rings. The molecule has 1 saturated heterocycles. The standard InChI is InChI=1S/C27H35N7O3/c1-33(18-5-3-2-4-6-18)26-31-21(16-28)22(23(29)35)24(32-26)30-17-7-9-19(10-8-17)34-13-11-27(12-14-34)15-20(27)25(36)37/h7-10,16,18,20,28H,2-6,11-15H2,1H3,(H2,29,35)(H,36,37)(H,30,31,32). The summed E-state index contributed by atoms with van der Waals surface area (Å²) in [7, 11) is 1.96. The molecule has 1 aliphatic heterocycles. The van der Waals surface area contributed by atoms with E-state index in [2.05, 4.69) is 20.2 Å². The minimum atomic E-state index is -0.688. The van der Waals surface area contributed by atoms with Crippen molar-refractivity contribution in [1.82, 2.24) is 9.97 Å². The van der Waals surface area contributed by atoms with Crippen molar-refractivity contribution in [3.8, 4) is 0 Å². The molecule has 2 heterocycles. The number of aromatic nitrogens is 2. The number of hydrogen-bond donors (Lipinski definition) is 4. The van der Waals surface area contributed by atoms with Gasteiger partial charge in [0.1, 0.15) is 17.1 Å². The summed E-state index contributed by atoms with van der Waals surface area (Å²) in [5, 5.41) is 20.4. The van der Waals surface area contributed by atoms with Gasteiger partial charge in [-0.2, -0.15) is 4.98 Å². The zero-order valence-electron chi connectivity index (χ0n) is 21.2. The Hall–Kier alpha value is -3.69. The van der Waals surface area contributed by atoms with Crippen LogP contribution in [0.5, 0.6) is 0 Å². The molecule has 1 aromatic carbocycles. The molecular weight excluding hydrogens is 470 g/mol. The van der Waals surface area contributed by atoms with E-state index in [4.69, 9.17) is 11.1 Å². The second kappa shape index (κ2) is 9.99. The van der Waals surface area contributed by atoms with E-state index in [0.29, 0.717) is 17.8 Å². The average molecular weight is 506 g/mol. The molecule has 5 rings (SSSR count). The van der Waals surface area contributed by atoms with Crippen LogP contribution in [0.15, 0.2) is 24.3 Å².